The summed E-state index contributed by atoms with van der Waals surface area (Å²) < 4.78 is 18.7. The Labute approximate surface area is 182 Å². The molecule has 1 heterocycles. The summed E-state index contributed by atoms with van der Waals surface area (Å²) in [5.41, 5.74) is 3.75. The molecular weight excluding hydrogens is 391 g/mol. The molecule has 1 unspecified atom stereocenters. The van der Waals surface area contributed by atoms with Gasteiger partial charge in [0.2, 0.25) is 0 Å². The Morgan fingerprint density at radius 2 is 1.90 bits per heavy atom. The van der Waals surface area contributed by atoms with Crippen molar-refractivity contribution in [2.75, 3.05) is 11.9 Å². The normalized spacial score (nSPS) is 16.5. The number of halogens is 1. The second-order valence-electron chi connectivity index (χ2n) is 9.29. The van der Waals surface area contributed by atoms with Crippen molar-refractivity contribution in [1.29, 1.82) is 0 Å². The SMILES string of the molecule is CCOC(=O)c1ccc(C(Nc2nc3ccc(F)cc3cc2C)C2CC(C)(C)C2)cc1. The maximum Gasteiger partial charge on any atom is 0.338 e. The van der Waals surface area contributed by atoms with Crippen LogP contribution >= 0.6 is 0 Å². The minimum Gasteiger partial charge on any atom is -0.462 e. The van der Waals surface area contributed by atoms with Gasteiger partial charge >= 0.3 is 5.97 Å². The molecule has 1 fully saturated rings. The van der Waals surface area contributed by atoms with Crippen molar-refractivity contribution in [3.63, 3.8) is 0 Å². The van der Waals surface area contributed by atoms with Crippen LogP contribution in [0.5, 0.6) is 0 Å². The van der Waals surface area contributed by atoms with Crippen LogP contribution < -0.4 is 5.32 Å². The Hall–Kier alpha value is -2.95. The highest BCUT2D eigenvalue weighted by molar-refractivity contribution is 5.89. The van der Waals surface area contributed by atoms with Gasteiger partial charge in [-0.25, -0.2) is 14.2 Å². The van der Waals surface area contributed by atoms with Crippen LogP contribution in [0.1, 0.15) is 61.1 Å². The smallest absolute Gasteiger partial charge is 0.338 e. The first-order valence-corrected chi connectivity index (χ1v) is 10.9. The Balaban J connectivity index is 1.65. The summed E-state index contributed by atoms with van der Waals surface area (Å²) in [5.74, 6) is 0.713. The molecule has 4 nitrogen and oxygen atoms in total. The molecule has 31 heavy (non-hydrogen) atoms. The molecule has 5 heteroatoms. The number of rotatable bonds is 6. The van der Waals surface area contributed by atoms with Crippen LogP contribution in [0, 0.1) is 24.1 Å². The number of carbonyl (C=O) groups excluding carboxylic acids is 1. The summed E-state index contributed by atoms with van der Waals surface area (Å²) >= 11 is 0. The van der Waals surface area contributed by atoms with Gasteiger partial charge in [-0.3, -0.25) is 0 Å². The van der Waals surface area contributed by atoms with E-state index in [-0.39, 0.29) is 17.8 Å². The molecule has 0 aliphatic heterocycles. The average molecular weight is 421 g/mol. The monoisotopic (exact) mass is 420 g/mol. The molecule has 0 saturated heterocycles. The lowest BCUT2D eigenvalue weighted by atomic mass is 9.61. The number of esters is 1. The van der Waals surface area contributed by atoms with Gasteiger partial charge in [0.05, 0.1) is 23.7 Å². The van der Waals surface area contributed by atoms with Gasteiger partial charge < -0.3 is 10.1 Å². The maximum absolute atomic E-state index is 13.6. The van der Waals surface area contributed by atoms with E-state index in [4.69, 9.17) is 9.72 Å². The summed E-state index contributed by atoms with van der Waals surface area (Å²) in [6, 6.07) is 14.4. The number of anilines is 1. The Morgan fingerprint density at radius 3 is 2.55 bits per heavy atom. The molecule has 162 valence electrons. The van der Waals surface area contributed by atoms with E-state index < -0.39 is 0 Å². The van der Waals surface area contributed by atoms with Gasteiger partial charge in [0.1, 0.15) is 11.6 Å². The highest BCUT2D eigenvalue weighted by atomic mass is 19.1. The summed E-state index contributed by atoms with van der Waals surface area (Å²) in [6.45, 7) is 8.73. The first kappa shape index (κ1) is 21.3. The number of hydrogen-bond acceptors (Lipinski definition) is 4. The van der Waals surface area contributed by atoms with Gasteiger partial charge in [-0.2, -0.15) is 0 Å². The molecule has 1 atom stereocenters. The molecule has 1 aromatic heterocycles. The Bertz CT molecular complexity index is 1100. The number of nitrogens with one attached hydrogen (secondary N) is 1. The topological polar surface area (TPSA) is 51.2 Å². The lowest BCUT2D eigenvalue weighted by molar-refractivity contribution is 0.0526. The zero-order valence-corrected chi connectivity index (χ0v) is 18.5. The van der Waals surface area contributed by atoms with Crippen molar-refractivity contribution in [3.05, 3.63) is 71.0 Å². The number of hydrogen-bond donors (Lipinski definition) is 1. The van der Waals surface area contributed by atoms with Crippen molar-refractivity contribution < 1.29 is 13.9 Å². The third kappa shape index (κ3) is 4.55. The van der Waals surface area contributed by atoms with Crippen LogP contribution in [0.4, 0.5) is 10.2 Å². The molecule has 0 spiro atoms. The van der Waals surface area contributed by atoms with Crippen molar-refractivity contribution in [2.45, 2.75) is 46.6 Å². The van der Waals surface area contributed by atoms with Gasteiger partial charge in [0.15, 0.2) is 0 Å². The first-order chi connectivity index (χ1) is 14.8. The van der Waals surface area contributed by atoms with E-state index in [0.717, 1.165) is 40.7 Å². The quantitative estimate of drug-likeness (QED) is 0.466. The summed E-state index contributed by atoms with van der Waals surface area (Å²) in [5, 5.41) is 4.46. The number of carbonyl (C=O) groups is 1. The molecule has 0 amide bonds. The number of aromatic nitrogens is 1. The summed E-state index contributed by atoms with van der Waals surface area (Å²) in [6.07, 6.45) is 2.23. The minimum absolute atomic E-state index is 0.0772. The number of pyridine rings is 1. The van der Waals surface area contributed by atoms with Crippen molar-refractivity contribution in [2.24, 2.45) is 11.3 Å². The second-order valence-corrected chi connectivity index (χ2v) is 9.29. The third-order valence-corrected chi connectivity index (χ3v) is 6.14. The van der Waals surface area contributed by atoms with Gasteiger partial charge in [-0.1, -0.05) is 26.0 Å². The number of fused-ring (bicyclic) bond motifs is 1. The minimum atomic E-state index is -0.303. The van der Waals surface area contributed by atoms with E-state index >= 15 is 0 Å². The van der Waals surface area contributed by atoms with E-state index in [9.17, 15) is 9.18 Å². The average Bonchev–Trinajstić information content (AvgIpc) is 2.71. The lowest BCUT2D eigenvalue weighted by Gasteiger charge is -2.47. The molecule has 1 saturated carbocycles. The predicted molar refractivity (Wildman–Crippen MR) is 122 cm³/mol. The van der Waals surface area contributed by atoms with Crippen LogP contribution in [-0.4, -0.2) is 17.6 Å². The fourth-order valence-corrected chi connectivity index (χ4v) is 4.66. The summed E-state index contributed by atoms with van der Waals surface area (Å²) in [4.78, 5) is 16.8. The molecule has 2 aromatic carbocycles. The molecule has 0 bridgehead atoms. The number of ether oxygens (including phenoxy) is 1. The fraction of sp³-hybridized carbons (Fsp3) is 0.385. The van der Waals surface area contributed by atoms with Crippen LogP contribution in [-0.2, 0) is 4.74 Å². The van der Waals surface area contributed by atoms with Crippen molar-refractivity contribution >= 4 is 22.7 Å². The van der Waals surface area contributed by atoms with Crippen LogP contribution in [0.25, 0.3) is 10.9 Å². The van der Waals surface area contributed by atoms with Crippen LogP contribution in [0.15, 0.2) is 48.5 Å². The van der Waals surface area contributed by atoms with Crippen LogP contribution in [0.2, 0.25) is 0 Å². The highest BCUT2D eigenvalue weighted by Gasteiger charge is 2.41. The third-order valence-electron chi connectivity index (χ3n) is 6.14. The van der Waals surface area contributed by atoms with Gasteiger partial charge in [-0.05, 0) is 85.5 Å². The zero-order chi connectivity index (χ0) is 22.2. The molecule has 0 radical (unpaired) electrons. The number of nitrogens with zero attached hydrogens (tertiary/aromatic N) is 1. The molecule has 1 N–H and O–H groups in total. The number of aryl methyl sites for hydroxylation is 1. The molecule has 1 aliphatic carbocycles. The lowest BCUT2D eigenvalue weighted by Crippen LogP contribution is -2.38. The Morgan fingerprint density at radius 1 is 1.19 bits per heavy atom. The van der Waals surface area contributed by atoms with Crippen molar-refractivity contribution in [3.8, 4) is 0 Å². The van der Waals surface area contributed by atoms with E-state index in [0.29, 0.717) is 23.5 Å². The van der Waals surface area contributed by atoms with E-state index in [1.165, 1.54) is 12.1 Å². The molecule has 1 aliphatic rings. The molecule has 4 rings (SSSR count). The van der Waals surface area contributed by atoms with E-state index in [1.807, 2.05) is 37.3 Å². The van der Waals surface area contributed by atoms with Gasteiger partial charge in [0, 0.05) is 5.39 Å². The number of benzene rings is 2. The standard InChI is InChI=1S/C26H29FN2O2/c1-5-31-25(30)18-8-6-17(7-9-18)23(20-14-26(3,4)15-20)29-24-16(2)12-19-13-21(27)10-11-22(19)28-24/h6-13,20,23H,5,14-15H2,1-4H3,(H,28,29). The first-order valence-electron chi connectivity index (χ1n) is 10.9. The Kier molecular flexibility index (Phi) is 5.69. The maximum atomic E-state index is 13.6. The van der Waals surface area contributed by atoms with Crippen molar-refractivity contribution in [1.82, 2.24) is 4.98 Å². The van der Waals surface area contributed by atoms with Gasteiger partial charge in [-0.15, -0.1) is 0 Å². The van der Waals surface area contributed by atoms with E-state index in [2.05, 4.69) is 19.2 Å². The van der Waals surface area contributed by atoms with Crippen LogP contribution in [0.3, 0.4) is 0 Å². The second kappa shape index (κ2) is 8.29. The van der Waals surface area contributed by atoms with E-state index in [1.54, 1.807) is 13.0 Å². The summed E-state index contributed by atoms with van der Waals surface area (Å²) in [7, 11) is 0. The fourth-order valence-electron chi connectivity index (χ4n) is 4.66. The van der Waals surface area contributed by atoms with Gasteiger partial charge in [0.25, 0.3) is 0 Å². The largest absolute Gasteiger partial charge is 0.462 e. The predicted octanol–water partition coefficient (Wildman–Crippen LogP) is 6.45. The highest BCUT2D eigenvalue weighted by Crippen LogP contribution is 2.51. The zero-order valence-electron chi connectivity index (χ0n) is 18.5. The molecule has 3 aromatic rings. The molecular formula is C26H29FN2O2.